The van der Waals surface area contributed by atoms with Gasteiger partial charge in [-0.15, -0.1) is 0 Å². The summed E-state index contributed by atoms with van der Waals surface area (Å²) in [6.45, 7) is 9.50. The van der Waals surface area contributed by atoms with Crippen LogP contribution in [0, 0.1) is 18.8 Å². The van der Waals surface area contributed by atoms with Gasteiger partial charge in [0.1, 0.15) is 11.6 Å². The number of hydrogen-bond acceptors (Lipinski definition) is 4. The van der Waals surface area contributed by atoms with Gasteiger partial charge >= 0.3 is 0 Å². The van der Waals surface area contributed by atoms with Crippen LogP contribution < -0.4 is 4.90 Å². The van der Waals surface area contributed by atoms with Crippen molar-refractivity contribution in [2.75, 3.05) is 31.1 Å². The summed E-state index contributed by atoms with van der Waals surface area (Å²) in [5.74, 6) is 2.94. The van der Waals surface area contributed by atoms with E-state index in [-0.39, 0.29) is 5.92 Å². The van der Waals surface area contributed by atoms with Crippen LogP contribution in [-0.2, 0) is 17.6 Å². The number of rotatable bonds is 6. The van der Waals surface area contributed by atoms with Crippen LogP contribution in [0.5, 0.6) is 0 Å². The third kappa shape index (κ3) is 5.32. The minimum atomic E-state index is 0.271. The lowest BCUT2D eigenvalue weighted by molar-refractivity contribution is -0.132. The molecule has 0 spiro atoms. The molecule has 166 valence electrons. The number of halogens is 2. The van der Waals surface area contributed by atoms with Gasteiger partial charge in [-0.1, -0.05) is 43.1 Å². The molecule has 0 bridgehead atoms. The second-order valence-corrected chi connectivity index (χ2v) is 9.97. The lowest BCUT2D eigenvalue weighted by Crippen LogP contribution is -2.49. The molecule has 31 heavy (non-hydrogen) atoms. The van der Waals surface area contributed by atoms with E-state index in [2.05, 4.69) is 25.7 Å². The van der Waals surface area contributed by atoms with Gasteiger partial charge in [-0.2, -0.15) is 0 Å². The first kappa shape index (κ1) is 22.3. The molecule has 0 N–H and O–H groups in total. The second kappa shape index (κ2) is 9.33. The number of aryl methyl sites for hydroxylation is 1. The van der Waals surface area contributed by atoms with Gasteiger partial charge in [-0.25, -0.2) is 9.97 Å². The van der Waals surface area contributed by atoms with Crippen LogP contribution in [-0.4, -0.2) is 47.0 Å². The molecule has 2 heterocycles. The Kier molecular flexibility index (Phi) is 6.73. The van der Waals surface area contributed by atoms with E-state index in [1.54, 1.807) is 6.07 Å². The average Bonchev–Trinajstić information content (AvgIpc) is 3.56. The molecule has 1 aliphatic heterocycles. The van der Waals surface area contributed by atoms with Crippen molar-refractivity contribution in [3.63, 3.8) is 0 Å². The zero-order valence-corrected chi connectivity index (χ0v) is 20.0. The van der Waals surface area contributed by atoms with E-state index < -0.39 is 0 Å². The summed E-state index contributed by atoms with van der Waals surface area (Å²) in [6, 6.07) is 5.62. The van der Waals surface area contributed by atoms with Gasteiger partial charge in [0.2, 0.25) is 5.91 Å². The predicted octanol–water partition coefficient (Wildman–Crippen LogP) is 4.94. The van der Waals surface area contributed by atoms with Gasteiger partial charge in [0.25, 0.3) is 0 Å². The van der Waals surface area contributed by atoms with E-state index in [0.717, 1.165) is 73.9 Å². The van der Waals surface area contributed by atoms with Crippen molar-refractivity contribution in [1.29, 1.82) is 0 Å². The van der Waals surface area contributed by atoms with Gasteiger partial charge in [0.15, 0.2) is 0 Å². The molecule has 0 radical (unpaired) electrons. The highest BCUT2D eigenvalue weighted by molar-refractivity contribution is 6.35. The minimum absolute atomic E-state index is 0.271. The summed E-state index contributed by atoms with van der Waals surface area (Å²) in [5, 5.41) is 1.29. The summed E-state index contributed by atoms with van der Waals surface area (Å²) in [4.78, 5) is 26.6. The van der Waals surface area contributed by atoms with Crippen molar-refractivity contribution < 1.29 is 4.79 Å². The normalized spacial score (nSPS) is 16.8. The van der Waals surface area contributed by atoms with Gasteiger partial charge in [0, 0.05) is 66.2 Å². The molecule has 4 rings (SSSR count). The number of carbonyl (C=O) groups excluding carboxylic acids is 1. The monoisotopic (exact) mass is 460 g/mol. The number of amides is 1. The van der Waals surface area contributed by atoms with Crippen LogP contribution in [0.4, 0.5) is 5.82 Å². The van der Waals surface area contributed by atoms with E-state index in [4.69, 9.17) is 33.2 Å². The highest BCUT2D eigenvalue weighted by Gasteiger charge is 2.35. The summed E-state index contributed by atoms with van der Waals surface area (Å²) >= 11 is 12.6. The fourth-order valence-corrected chi connectivity index (χ4v) is 4.62. The Morgan fingerprint density at radius 3 is 2.45 bits per heavy atom. The number of aromatic nitrogens is 2. The molecule has 2 fully saturated rings. The molecule has 0 unspecified atom stereocenters. The summed E-state index contributed by atoms with van der Waals surface area (Å²) in [6.07, 6.45) is 3.60. The zero-order valence-electron chi connectivity index (χ0n) is 18.5. The first-order valence-corrected chi connectivity index (χ1v) is 11.9. The predicted molar refractivity (Wildman–Crippen MR) is 126 cm³/mol. The summed E-state index contributed by atoms with van der Waals surface area (Å²) < 4.78 is 0. The van der Waals surface area contributed by atoms with Crippen LogP contribution in [0.1, 0.15) is 49.3 Å². The first-order chi connectivity index (χ1) is 14.8. The fraction of sp³-hybridized carbons (Fsp3) is 0.542. The van der Waals surface area contributed by atoms with Crippen LogP contribution >= 0.6 is 23.2 Å². The molecule has 1 aromatic carbocycles. The molecule has 0 atom stereocenters. The number of hydrogen-bond donors (Lipinski definition) is 0. The molecule has 7 heteroatoms. The Morgan fingerprint density at radius 2 is 1.84 bits per heavy atom. The van der Waals surface area contributed by atoms with Crippen molar-refractivity contribution in [3.05, 3.63) is 50.9 Å². The smallest absolute Gasteiger partial charge is 0.225 e. The van der Waals surface area contributed by atoms with Crippen molar-refractivity contribution in [1.82, 2.24) is 14.9 Å². The largest absolute Gasteiger partial charge is 0.353 e. The summed E-state index contributed by atoms with van der Waals surface area (Å²) in [7, 11) is 0. The number of benzene rings is 1. The zero-order chi connectivity index (χ0) is 22.1. The molecule has 1 amide bonds. The van der Waals surface area contributed by atoms with E-state index in [9.17, 15) is 4.79 Å². The standard InChI is InChI=1S/C24H30Cl2N4O/c1-15(2)12-22-27-16(3)20(13-18-6-7-19(25)14-21(18)26)23(28-22)29-8-10-30(11-9-29)24(31)17-4-5-17/h6-7,14-15,17H,4-5,8-13H2,1-3H3. The van der Waals surface area contributed by atoms with Crippen LogP contribution in [0.25, 0.3) is 0 Å². The van der Waals surface area contributed by atoms with Crippen molar-refractivity contribution in [2.24, 2.45) is 11.8 Å². The molecular weight excluding hydrogens is 431 g/mol. The molecule has 1 saturated heterocycles. The maximum Gasteiger partial charge on any atom is 0.225 e. The number of piperazine rings is 1. The molecular formula is C24H30Cl2N4O. The van der Waals surface area contributed by atoms with Gasteiger partial charge in [0.05, 0.1) is 0 Å². The number of carbonyl (C=O) groups is 1. The van der Waals surface area contributed by atoms with Crippen LogP contribution in [0.15, 0.2) is 18.2 Å². The van der Waals surface area contributed by atoms with E-state index >= 15 is 0 Å². The maximum absolute atomic E-state index is 12.5. The van der Waals surface area contributed by atoms with E-state index in [1.165, 1.54) is 0 Å². The Morgan fingerprint density at radius 1 is 1.13 bits per heavy atom. The van der Waals surface area contributed by atoms with Crippen molar-refractivity contribution in [2.45, 2.75) is 46.5 Å². The topological polar surface area (TPSA) is 49.3 Å². The van der Waals surface area contributed by atoms with Crippen LogP contribution in [0.2, 0.25) is 10.0 Å². The highest BCUT2D eigenvalue weighted by atomic mass is 35.5. The lowest BCUT2D eigenvalue weighted by Gasteiger charge is -2.36. The fourth-order valence-electron chi connectivity index (χ4n) is 4.15. The van der Waals surface area contributed by atoms with Gasteiger partial charge in [-0.05, 0) is 43.4 Å². The molecule has 1 aromatic heterocycles. The van der Waals surface area contributed by atoms with E-state index in [1.807, 2.05) is 17.0 Å². The second-order valence-electron chi connectivity index (χ2n) is 9.12. The molecule has 1 aliphatic carbocycles. The Hall–Kier alpha value is -1.85. The van der Waals surface area contributed by atoms with E-state index in [0.29, 0.717) is 28.3 Å². The lowest BCUT2D eigenvalue weighted by atomic mass is 10.0. The minimum Gasteiger partial charge on any atom is -0.353 e. The number of nitrogens with zero attached hydrogens (tertiary/aromatic N) is 4. The molecule has 2 aliphatic rings. The Bertz CT molecular complexity index is 966. The summed E-state index contributed by atoms with van der Waals surface area (Å²) in [5.41, 5.74) is 3.10. The third-order valence-corrected chi connectivity index (χ3v) is 6.62. The Balaban J connectivity index is 1.62. The Labute approximate surface area is 194 Å². The van der Waals surface area contributed by atoms with Gasteiger partial charge in [-0.3, -0.25) is 4.79 Å². The number of anilines is 1. The van der Waals surface area contributed by atoms with Crippen molar-refractivity contribution in [3.8, 4) is 0 Å². The highest BCUT2D eigenvalue weighted by Crippen LogP contribution is 2.33. The molecule has 2 aromatic rings. The van der Waals surface area contributed by atoms with Crippen LogP contribution in [0.3, 0.4) is 0 Å². The quantitative estimate of drug-likeness (QED) is 0.612. The average molecular weight is 461 g/mol. The first-order valence-electron chi connectivity index (χ1n) is 11.2. The molecule has 1 saturated carbocycles. The third-order valence-electron chi connectivity index (χ3n) is 6.03. The maximum atomic E-state index is 12.5. The molecule has 5 nitrogen and oxygen atoms in total. The van der Waals surface area contributed by atoms with Gasteiger partial charge < -0.3 is 9.80 Å². The van der Waals surface area contributed by atoms with Crippen molar-refractivity contribution >= 4 is 34.9 Å². The SMILES string of the molecule is Cc1nc(CC(C)C)nc(N2CCN(C(=O)C3CC3)CC2)c1Cc1ccc(Cl)cc1Cl.